The van der Waals surface area contributed by atoms with E-state index in [2.05, 4.69) is 61.1 Å². The zero-order chi connectivity index (χ0) is 56.6. The van der Waals surface area contributed by atoms with Crippen molar-refractivity contribution in [2.75, 3.05) is 107 Å². The summed E-state index contributed by atoms with van der Waals surface area (Å²) in [6.45, 7) is 1.22. The lowest BCUT2D eigenvalue weighted by Crippen LogP contribution is -2.24. The van der Waals surface area contributed by atoms with Gasteiger partial charge in [-0.3, -0.25) is 14.1 Å². The Bertz CT molecular complexity index is 3810. The first-order valence-electron chi connectivity index (χ1n) is 24.0. The molecule has 0 spiro atoms. The predicted molar refractivity (Wildman–Crippen MR) is 311 cm³/mol. The quantitative estimate of drug-likeness (QED) is 0.0151. The van der Waals surface area contributed by atoms with Crippen LogP contribution in [0.2, 0.25) is 20.6 Å². The number of aliphatic hydroxyl groups excluding tert-OH is 2. The Balaban J connectivity index is 0.939. The highest BCUT2D eigenvalue weighted by Crippen LogP contribution is 2.55. The third kappa shape index (κ3) is 13.7. The molecule has 9 rings (SSSR count). The van der Waals surface area contributed by atoms with Crippen molar-refractivity contribution in [3.05, 3.63) is 111 Å². The molecule has 0 unspecified atom stereocenters. The fraction of sp³-hybridized carbons (Fsp3) is 0.250. The Morgan fingerprint density at radius 3 is 1.74 bits per heavy atom. The Kier molecular flexibility index (Phi) is 19.0. The number of anilines is 9. The molecule has 0 bridgehead atoms. The van der Waals surface area contributed by atoms with Crippen LogP contribution in [0.1, 0.15) is 0 Å². The lowest BCUT2D eigenvalue weighted by Gasteiger charge is -2.27. The molecular weight excluding hydrogens is 1200 g/mol. The molecule has 32 heteroatoms. The maximum Gasteiger partial charge on any atom is 0.300 e. The third-order valence-corrected chi connectivity index (χ3v) is 16.2. The van der Waals surface area contributed by atoms with E-state index in [0.717, 1.165) is 11.4 Å². The first-order chi connectivity index (χ1) is 38.5. The van der Waals surface area contributed by atoms with E-state index in [1.165, 1.54) is 24.3 Å². The van der Waals surface area contributed by atoms with Crippen molar-refractivity contribution in [2.24, 2.45) is 4.99 Å². The molecule has 4 aromatic carbocycles. The number of ether oxygens (including phenoxy) is 1. The van der Waals surface area contributed by atoms with Crippen molar-refractivity contribution in [1.82, 2.24) is 34.9 Å². The molecule has 24 nitrogen and oxygen atoms in total. The summed E-state index contributed by atoms with van der Waals surface area (Å²) >= 11 is 29.7. The van der Waals surface area contributed by atoms with Gasteiger partial charge in [0.25, 0.3) is 10.1 Å². The molecule has 2 aromatic heterocycles. The Morgan fingerprint density at radius 1 is 0.613 bits per heavy atom. The minimum Gasteiger partial charge on any atom is -0.450 e. The monoisotopic (exact) mass is 1250 g/mol. The third-order valence-electron chi connectivity index (χ3n) is 11.5. The summed E-state index contributed by atoms with van der Waals surface area (Å²) in [6, 6.07) is 24.3. The standard InChI is InChI=1S/C48H46Cl4N14O10S4/c49-33-36-40(76-38-30(58-36)12-14-32(42(38)80(72,73)74)54-16-18-56-46-60-44(52)62-48(64-46)66(20-24-78-26-22-68)28-9-5-2-6-10-28)34(50)35-39(33)75-37-29(57-35)11-13-31(41(37)79(69,70)71)53-15-17-55-45-59-43(51)61-47(63-45)65(19-23-77-25-21-67)27-7-3-1-4-8-27/h1-14,53,57,67-68H,15-26H2,(H,69,70,71)(H,72,73,74)(H,55,59,61,63)(H,56,60,62,64). The van der Waals surface area contributed by atoms with Crippen LogP contribution < -0.4 is 41.2 Å². The lowest BCUT2D eigenvalue weighted by molar-refractivity contribution is 0.322. The number of fused-ring (bicyclic) bond motifs is 4. The van der Waals surface area contributed by atoms with Gasteiger partial charge in [0.15, 0.2) is 32.6 Å². The molecular formula is C48H46Cl4N14O10S4. The number of aromatic nitrogens is 7. The largest absolute Gasteiger partial charge is 0.450 e. The predicted octanol–water partition coefficient (Wildman–Crippen LogP) is 8.52. The number of benzene rings is 5. The van der Waals surface area contributed by atoms with E-state index in [1.807, 2.05) is 70.5 Å². The van der Waals surface area contributed by atoms with Crippen LogP contribution in [-0.2, 0) is 20.2 Å². The molecule has 0 saturated heterocycles. The average Bonchev–Trinajstić information content (AvgIpc) is 3.59. The number of hydrogen-bond acceptors (Lipinski definition) is 24. The summed E-state index contributed by atoms with van der Waals surface area (Å²) in [7, 11) is -10.1. The Morgan fingerprint density at radius 2 is 1.18 bits per heavy atom. The van der Waals surface area contributed by atoms with E-state index in [-0.39, 0.29) is 135 Å². The van der Waals surface area contributed by atoms with Crippen LogP contribution >= 0.6 is 69.9 Å². The van der Waals surface area contributed by atoms with Gasteiger partial charge in [-0.25, -0.2) is 4.98 Å². The van der Waals surface area contributed by atoms with Crippen molar-refractivity contribution in [1.29, 1.82) is 0 Å². The SMILES string of the molecule is O=S(=O)(O)c1c(NCCNc2nc(Cl)nc(N(CCSCCO)c3ccccc3)n2)ccc2c1Oc1c(c(Cl)c3oc4c(S(=O)(=O)O)c(=NCCNc5nc(Cl)nc(N(CCSCCO)c6ccccc6)n5)ccc-4nc3c1Cl)N2. The Labute approximate surface area is 485 Å². The number of aliphatic hydroxyl groups is 2. The van der Waals surface area contributed by atoms with Crippen molar-refractivity contribution in [3.8, 4) is 23.0 Å². The average molecular weight is 1250 g/mol. The number of hydrogen-bond donors (Lipinski definition) is 8. The first kappa shape index (κ1) is 58.4. The summed E-state index contributed by atoms with van der Waals surface area (Å²) in [4.78, 5) is 37.5. The molecule has 0 amide bonds. The van der Waals surface area contributed by atoms with E-state index in [1.54, 1.807) is 23.5 Å². The van der Waals surface area contributed by atoms with Gasteiger partial charge in [0, 0.05) is 67.1 Å². The minimum absolute atomic E-state index is 0.0239. The van der Waals surface area contributed by atoms with E-state index in [9.17, 15) is 36.2 Å². The molecule has 0 fully saturated rings. The molecule has 6 aromatic rings. The van der Waals surface area contributed by atoms with Gasteiger partial charge in [0.05, 0.1) is 36.5 Å². The smallest absolute Gasteiger partial charge is 0.300 e. The van der Waals surface area contributed by atoms with Gasteiger partial charge in [0.2, 0.25) is 34.4 Å². The van der Waals surface area contributed by atoms with E-state index < -0.39 is 35.8 Å². The molecule has 420 valence electrons. The van der Waals surface area contributed by atoms with Crippen LogP contribution in [0.4, 0.5) is 52.2 Å². The highest BCUT2D eigenvalue weighted by molar-refractivity contribution is 7.99. The topological polar surface area (TPSA) is 329 Å². The Hall–Kier alpha value is -6.28. The van der Waals surface area contributed by atoms with Gasteiger partial charge in [-0.1, -0.05) is 59.6 Å². The maximum absolute atomic E-state index is 13.1. The number of para-hydroxylation sites is 2. The van der Waals surface area contributed by atoms with Gasteiger partial charge in [-0.2, -0.15) is 70.3 Å². The van der Waals surface area contributed by atoms with Crippen LogP contribution in [-0.4, -0.2) is 147 Å². The number of rotatable bonds is 25. The second kappa shape index (κ2) is 26.1. The maximum atomic E-state index is 13.1. The van der Waals surface area contributed by atoms with Gasteiger partial charge in [-0.15, -0.1) is 0 Å². The van der Waals surface area contributed by atoms with Crippen molar-refractivity contribution >= 4 is 153 Å². The molecule has 2 aliphatic heterocycles. The van der Waals surface area contributed by atoms with Gasteiger partial charge in [-0.05, 0) is 71.7 Å². The summed E-state index contributed by atoms with van der Waals surface area (Å²) in [5.74, 6) is 2.19. The highest BCUT2D eigenvalue weighted by Gasteiger charge is 2.35. The number of halogens is 4. The summed E-state index contributed by atoms with van der Waals surface area (Å²) in [5.41, 5.74) is 1.04. The molecule has 3 aliphatic rings. The fourth-order valence-corrected chi connectivity index (χ4v) is 11.8. The second-order valence-corrected chi connectivity index (χ2v) is 23.3. The number of nitrogens with one attached hydrogen (secondary N) is 4. The number of thioether (sulfide) groups is 2. The molecule has 0 radical (unpaired) electrons. The summed E-state index contributed by atoms with van der Waals surface area (Å²) in [5, 5.41) is 29.7. The van der Waals surface area contributed by atoms with Gasteiger partial charge < -0.3 is 50.4 Å². The van der Waals surface area contributed by atoms with E-state index in [4.69, 9.17) is 55.6 Å². The number of nitrogens with zero attached hydrogens (tertiary/aromatic N) is 10. The normalized spacial score (nSPS) is 12.4. The van der Waals surface area contributed by atoms with Crippen LogP contribution in [0.3, 0.4) is 0 Å². The van der Waals surface area contributed by atoms with Gasteiger partial charge in [0.1, 0.15) is 26.9 Å². The molecule has 0 atom stereocenters. The highest BCUT2D eigenvalue weighted by atomic mass is 35.5. The zero-order valence-corrected chi connectivity index (χ0v) is 47.7. The lowest BCUT2D eigenvalue weighted by atomic mass is 10.1. The fourth-order valence-electron chi connectivity index (χ4n) is 8.10. The summed E-state index contributed by atoms with van der Waals surface area (Å²) in [6.07, 6.45) is 0. The molecule has 80 heavy (non-hydrogen) atoms. The summed E-state index contributed by atoms with van der Waals surface area (Å²) < 4.78 is 86.0. The minimum atomic E-state index is -5.07. The van der Waals surface area contributed by atoms with Crippen LogP contribution in [0.15, 0.2) is 104 Å². The zero-order valence-electron chi connectivity index (χ0n) is 41.4. The molecule has 8 N–H and O–H groups in total. The second-order valence-electron chi connectivity index (χ2n) is 16.7. The molecule has 4 heterocycles. The van der Waals surface area contributed by atoms with Crippen molar-refractivity contribution in [3.63, 3.8) is 0 Å². The first-order valence-corrected chi connectivity index (χ1v) is 30.7. The van der Waals surface area contributed by atoms with Crippen LogP contribution in [0.5, 0.6) is 11.5 Å². The van der Waals surface area contributed by atoms with Gasteiger partial charge >= 0.3 is 10.1 Å². The van der Waals surface area contributed by atoms with Crippen molar-refractivity contribution in [2.45, 2.75) is 9.79 Å². The van der Waals surface area contributed by atoms with Crippen molar-refractivity contribution < 1.29 is 45.3 Å². The van der Waals surface area contributed by atoms with E-state index >= 15 is 0 Å². The van der Waals surface area contributed by atoms with E-state index in [0.29, 0.717) is 36.1 Å². The van der Waals surface area contributed by atoms with Crippen LogP contribution in [0.25, 0.3) is 22.6 Å². The molecule has 1 aliphatic carbocycles. The molecule has 0 saturated carbocycles. The van der Waals surface area contributed by atoms with Crippen LogP contribution in [0, 0.1) is 0 Å².